The quantitative estimate of drug-likeness (QED) is 0.598. The van der Waals surface area contributed by atoms with E-state index in [9.17, 15) is 19.5 Å². The zero-order valence-electron chi connectivity index (χ0n) is 20.3. The van der Waals surface area contributed by atoms with Crippen LogP contribution in [-0.2, 0) is 19.1 Å². The van der Waals surface area contributed by atoms with E-state index in [-0.39, 0.29) is 43.9 Å². The number of alkyl carbamates (subject to hydrolysis) is 1. The maximum Gasteiger partial charge on any atom is 0.407 e. The van der Waals surface area contributed by atoms with Crippen molar-refractivity contribution < 1.29 is 29.0 Å². The second-order valence-electron chi connectivity index (χ2n) is 9.35. The molecule has 4 rings (SSSR count). The number of aliphatic carboxylic acids is 1. The Balaban J connectivity index is 1.44. The van der Waals surface area contributed by atoms with Crippen LogP contribution >= 0.6 is 0 Å². The van der Waals surface area contributed by atoms with Gasteiger partial charge in [0, 0.05) is 26.0 Å². The van der Waals surface area contributed by atoms with E-state index >= 15 is 0 Å². The number of nitrogens with zero attached hydrogens (tertiary/aromatic N) is 1. The first-order chi connectivity index (χ1) is 16.8. The highest BCUT2D eigenvalue weighted by molar-refractivity contribution is 5.88. The minimum atomic E-state index is -1.42. The highest BCUT2D eigenvalue weighted by Crippen LogP contribution is 2.44. The summed E-state index contributed by atoms with van der Waals surface area (Å²) in [7, 11) is 1.34. The van der Waals surface area contributed by atoms with Gasteiger partial charge in [-0.15, -0.1) is 0 Å². The normalized spacial score (nSPS) is 20.6. The number of nitrogens with one attached hydrogen (secondary N) is 1. The minimum absolute atomic E-state index is 0.0586. The summed E-state index contributed by atoms with van der Waals surface area (Å²) in [5.74, 6) is -1.67. The summed E-state index contributed by atoms with van der Waals surface area (Å²) in [6, 6.07) is 15.3. The largest absolute Gasteiger partial charge is 0.479 e. The van der Waals surface area contributed by atoms with Crippen molar-refractivity contribution in [1.29, 1.82) is 0 Å². The fourth-order valence-electron chi connectivity index (χ4n) is 5.05. The molecule has 2 aliphatic rings. The van der Waals surface area contributed by atoms with Gasteiger partial charge in [-0.1, -0.05) is 68.8 Å². The molecule has 3 atom stereocenters. The molecule has 1 heterocycles. The molecular formula is C27H32N2O6. The molecule has 0 aromatic heterocycles. The van der Waals surface area contributed by atoms with E-state index in [0.717, 1.165) is 22.3 Å². The number of carboxylic acids is 1. The number of rotatable bonds is 8. The lowest BCUT2D eigenvalue weighted by atomic mass is 9.97. The van der Waals surface area contributed by atoms with Gasteiger partial charge >= 0.3 is 12.1 Å². The summed E-state index contributed by atoms with van der Waals surface area (Å²) < 4.78 is 10.9. The molecule has 8 nitrogen and oxygen atoms in total. The van der Waals surface area contributed by atoms with Gasteiger partial charge in [0.2, 0.25) is 5.91 Å². The molecule has 3 unspecified atom stereocenters. The number of hydrogen-bond donors (Lipinski definition) is 2. The number of hydrogen-bond acceptors (Lipinski definition) is 5. The van der Waals surface area contributed by atoms with E-state index in [0.29, 0.717) is 6.42 Å². The monoisotopic (exact) mass is 480 g/mol. The molecule has 0 saturated carbocycles. The number of carbonyl (C=O) groups is 3. The molecule has 0 bridgehead atoms. The first-order valence-electron chi connectivity index (χ1n) is 12.0. The molecule has 2 N–H and O–H groups in total. The first-order valence-corrected chi connectivity index (χ1v) is 12.0. The molecule has 186 valence electrons. The Bertz CT molecular complexity index is 1070. The summed E-state index contributed by atoms with van der Waals surface area (Å²) in [6.45, 7) is 4.15. The van der Waals surface area contributed by atoms with Crippen LogP contribution in [0, 0.1) is 5.92 Å². The molecule has 0 spiro atoms. The number of methoxy groups -OCH3 is 1. The van der Waals surface area contributed by atoms with Crippen molar-refractivity contribution in [2.75, 3.05) is 26.8 Å². The van der Waals surface area contributed by atoms with Crippen molar-refractivity contribution >= 4 is 18.0 Å². The van der Waals surface area contributed by atoms with Crippen molar-refractivity contribution in [3.63, 3.8) is 0 Å². The summed E-state index contributed by atoms with van der Waals surface area (Å²) >= 11 is 0. The summed E-state index contributed by atoms with van der Waals surface area (Å²) in [6.07, 6.45) is 0.186. The summed E-state index contributed by atoms with van der Waals surface area (Å²) in [4.78, 5) is 39.3. The average molecular weight is 481 g/mol. The molecule has 1 saturated heterocycles. The van der Waals surface area contributed by atoms with Gasteiger partial charge in [0.1, 0.15) is 12.6 Å². The van der Waals surface area contributed by atoms with E-state index in [1.807, 2.05) is 50.2 Å². The summed E-state index contributed by atoms with van der Waals surface area (Å²) in [5.41, 5.74) is 3.08. The third-order valence-electron chi connectivity index (χ3n) is 7.42. The first kappa shape index (κ1) is 24.7. The maximum atomic E-state index is 13.3. The minimum Gasteiger partial charge on any atom is -0.479 e. The van der Waals surface area contributed by atoms with Crippen LogP contribution in [0.1, 0.15) is 43.7 Å². The second-order valence-corrected chi connectivity index (χ2v) is 9.35. The van der Waals surface area contributed by atoms with E-state index < -0.39 is 23.7 Å². The second kappa shape index (κ2) is 10.1. The molecule has 2 aromatic carbocycles. The molecule has 2 amide bonds. The Labute approximate surface area is 205 Å². The van der Waals surface area contributed by atoms with E-state index in [2.05, 4.69) is 17.4 Å². The van der Waals surface area contributed by atoms with E-state index in [1.54, 1.807) is 0 Å². The number of benzene rings is 2. The van der Waals surface area contributed by atoms with Gasteiger partial charge in [-0.3, -0.25) is 4.79 Å². The van der Waals surface area contributed by atoms with Crippen molar-refractivity contribution in [1.82, 2.24) is 10.2 Å². The Kier molecular flexibility index (Phi) is 7.12. The Hall–Kier alpha value is -3.39. The highest BCUT2D eigenvalue weighted by atomic mass is 16.5. The number of carboxylic acid groups (broad SMARTS) is 1. The van der Waals surface area contributed by atoms with E-state index in [1.165, 1.54) is 12.0 Å². The van der Waals surface area contributed by atoms with Crippen molar-refractivity contribution in [2.24, 2.45) is 5.92 Å². The van der Waals surface area contributed by atoms with Gasteiger partial charge < -0.3 is 24.8 Å². The predicted molar refractivity (Wildman–Crippen MR) is 130 cm³/mol. The third-order valence-corrected chi connectivity index (χ3v) is 7.42. The molecular weight excluding hydrogens is 448 g/mol. The molecule has 35 heavy (non-hydrogen) atoms. The van der Waals surface area contributed by atoms with Gasteiger partial charge in [-0.2, -0.15) is 0 Å². The van der Waals surface area contributed by atoms with Gasteiger partial charge in [0.15, 0.2) is 5.60 Å². The van der Waals surface area contributed by atoms with Gasteiger partial charge in [-0.05, 0) is 28.2 Å². The van der Waals surface area contributed by atoms with Crippen LogP contribution < -0.4 is 5.32 Å². The van der Waals surface area contributed by atoms with Crippen molar-refractivity contribution in [2.45, 2.75) is 44.2 Å². The van der Waals surface area contributed by atoms with Crippen molar-refractivity contribution in [3.8, 4) is 11.1 Å². The predicted octanol–water partition coefficient (Wildman–Crippen LogP) is 3.64. The lowest BCUT2D eigenvalue weighted by Gasteiger charge is -2.29. The Morgan fingerprint density at radius 2 is 1.71 bits per heavy atom. The molecule has 1 fully saturated rings. The zero-order valence-corrected chi connectivity index (χ0v) is 20.3. The average Bonchev–Trinajstić information content (AvgIpc) is 3.46. The zero-order chi connectivity index (χ0) is 25.2. The van der Waals surface area contributed by atoms with Crippen LogP contribution in [0.2, 0.25) is 0 Å². The Morgan fingerprint density at radius 3 is 2.23 bits per heavy atom. The fraction of sp³-hybridized carbons (Fsp3) is 0.444. The fourth-order valence-corrected chi connectivity index (χ4v) is 5.05. The number of likely N-dealkylation sites (tertiary alicyclic amines) is 1. The number of amides is 2. The van der Waals surface area contributed by atoms with Crippen LogP contribution in [0.15, 0.2) is 48.5 Å². The molecule has 8 heteroatoms. The molecule has 0 radical (unpaired) electrons. The number of fused-ring (bicyclic) bond motifs is 3. The van der Waals surface area contributed by atoms with Crippen LogP contribution in [0.4, 0.5) is 4.79 Å². The van der Waals surface area contributed by atoms with E-state index in [4.69, 9.17) is 9.47 Å². The molecule has 1 aliphatic heterocycles. The van der Waals surface area contributed by atoms with Crippen LogP contribution in [-0.4, -0.2) is 66.4 Å². The highest BCUT2D eigenvalue weighted by Gasteiger charge is 2.48. The van der Waals surface area contributed by atoms with Gasteiger partial charge in [0.05, 0.1) is 6.54 Å². The lowest BCUT2D eigenvalue weighted by Crippen LogP contribution is -2.53. The molecule has 1 aliphatic carbocycles. The topological polar surface area (TPSA) is 105 Å². The number of carbonyl (C=O) groups excluding carboxylic acids is 2. The SMILES string of the molecule is CCC(C)C(NC(=O)OCC1c2ccccc2-c2ccccc21)C(=O)N1CCC(OC)(C(=O)O)C1. The standard InChI is InChI=1S/C27H32N2O6/c1-4-17(2)23(24(30)29-14-13-27(16-29,34-3)25(31)32)28-26(33)35-15-22-20-11-7-5-9-18(20)19-10-6-8-12-21(19)22/h5-12,17,22-23H,4,13-16H2,1-3H3,(H,28,33)(H,31,32). The van der Waals surface area contributed by atoms with Gasteiger partial charge in [-0.25, -0.2) is 9.59 Å². The van der Waals surface area contributed by atoms with Crippen LogP contribution in [0.5, 0.6) is 0 Å². The van der Waals surface area contributed by atoms with Crippen molar-refractivity contribution in [3.05, 3.63) is 59.7 Å². The van der Waals surface area contributed by atoms with Crippen LogP contribution in [0.3, 0.4) is 0 Å². The smallest absolute Gasteiger partial charge is 0.407 e. The summed E-state index contributed by atoms with van der Waals surface area (Å²) in [5, 5.41) is 12.3. The lowest BCUT2D eigenvalue weighted by molar-refractivity contribution is -0.161. The maximum absolute atomic E-state index is 13.3. The van der Waals surface area contributed by atoms with Gasteiger partial charge in [0.25, 0.3) is 0 Å². The molecule has 2 aromatic rings. The number of ether oxygens (including phenoxy) is 2. The van der Waals surface area contributed by atoms with Crippen LogP contribution in [0.25, 0.3) is 11.1 Å². The Morgan fingerprint density at radius 1 is 1.11 bits per heavy atom. The third kappa shape index (κ3) is 4.62.